The van der Waals surface area contributed by atoms with Crippen LogP contribution in [0.1, 0.15) is 71.0 Å². The number of guanidine groups is 1. The van der Waals surface area contributed by atoms with Crippen molar-refractivity contribution in [2.75, 3.05) is 26.7 Å². The molecule has 1 fully saturated rings. The molecule has 1 aliphatic heterocycles. The number of aromatic nitrogens is 2. The number of hydrogen-bond donors (Lipinski definition) is 1. The van der Waals surface area contributed by atoms with Crippen LogP contribution in [0, 0.1) is 11.8 Å². The number of aliphatic imine (C=N–C) groups is 1. The lowest BCUT2D eigenvalue weighted by atomic mass is 9.87. The van der Waals surface area contributed by atoms with Crippen LogP contribution in [0.2, 0.25) is 0 Å². The normalized spacial score (nSPS) is 18.6. The Labute approximate surface area is 152 Å². The number of nitrogens with zero attached hydrogens (tertiary/aromatic N) is 4. The second-order valence-electron chi connectivity index (χ2n) is 7.35. The van der Waals surface area contributed by atoms with Gasteiger partial charge in [-0.3, -0.25) is 4.99 Å². The van der Waals surface area contributed by atoms with Gasteiger partial charge in [-0.25, -0.2) is 0 Å². The highest BCUT2D eigenvalue weighted by atomic mass is 16.5. The van der Waals surface area contributed by atoms with Gasteiger partial charge in [0, 0.05) is 39.0 Å². The monoisotopic (exact) mass is 349 g/mol. The molecule has 6 nitrogen and oxygen atoms in total. The molecule has 1 atom stereocenters. The molecule has 1 saturated heterocycles. The minimum atomic E-state index is 0.313. The van der Waals surface area contributed by atoms with Crippen LogP contribution in [0.25, 0.3) is 0 Å². The highest BCUT2D eigenvalue weighted by Gasteiger charge is 2.29. The van der Waals surface area contributed by atoms with Crippen molar-refractivity contribution in [3.05, 3.63) is 11.7 Å². The molecule has 1 aromatic heterocycles. The maximum absolute atomic E-state index is 5.29. The van der Waals surface area contributed by atoms with Gasteiger partial charge in [0.15, 0.2) is 11.8 Å². The third-order valence-corrected chi connectivity index (χ3v) is 5.30. The Balaban J connectivity index is 1.73. The quantitative estimate of drug-likeness (QED) is 0.442. The lowest BCUT2D eigenvalue weighted by Gasteiger charge is -2.24. The summed E-state index contributed by atoms with van der Waals surface area (Å²) in [7, 11) is 1.87. The van der Waals surface area contributed by atoms with Gasteiger partial charge in [0.1, 0.15) is 0 Å². The smallest absolute Gasteiger partial charge is 0.226 e. The Kier molecular flexibility index (Phi) is 7.72. The van der Waals surface area contributed by atoms with E-state index in [1.807, 2.05) is 7.05 Å². The van der Waals surface area contributed by atoms with Gasteiger partial charge >= 0.3 is 0 Å². The van der Waals surface area contributed by atoms with Gasteiger partial charge in [0.25, 0.3) is 0 Å². The minimum Gasteiger partial charge on any atom is -0.356 e. The Hall–Kier alpha value is -1.59. The van der Waals surface area contributed by atoms with Crippen molar-refractivity contribution in [2.45, 2.75) is 65.7 Å². The lowest BCUT2D eigenvalue weighted by molar-refractivity contribution is 0.319. The second-order valence-corrected chi connectivity index (χ2v) is 7.35. The maximum Gasteiger partial charge on any atom is 0.226 e. The summed E-state index contributed by atoms with van der Waals surface area (Å²) in [4.78, 5) is 11.3. The van der Waals surface area contributed by atoms with Crippen molar-refractivity contribution in [1.29, 1.82) is 0 Å². The van der Waals surface area contributed by atoms with Gasteiger partial charge in [-0.05, 0) is 24.7 Å². The van der Waals surface area contributed by atoms with E-state index in [-0.39, 0.29) is 0 Å². The standard InChI is InChI=1S/C19H35N5O/c1-6-15(7-2)16-10-12-24(13-16)19(20-5)21-11-8-9-17-22-18(14(3)4)23-25-17/h14-16H,6-13H2,1-5H3,(H,20,21). The lowest BCUT2D eigenvalue weighted by Crippen LogP contribution is -2.40. The van der Waals surface area contributed by atoms with E-state index in [1.54, 1.807) is 0 Å². The zero-order chi connectivity index (χ0) is 18.2. The second kappa shape index (κ2) is 9.78. The van der Waals surface area contributed by atoms with Crippen LogP contribution < -0.4 is 5.32 Å². The fraction of sp³-hybridized carbons (Fsp3) is 0.842. The predicted molar refractivity (Wildman–Crippen MR) is 102 cm³/mol. The average molecular weight is 350 g/mol. The molecule has 0 saturated carbocycles. The van der Waals surface area contributed by atoms with E-state index in [2.05, 4.69) is 53.0 Å². The first kappa shape index (κ1) is 19.7. The first-order chi connectivity index (χ1) is 12.1. The van der Waals surface area contributed by atoms with Crippen LogP contribution in [0.15, 0.2) is 9.52 Å². The van der Waals surface area contributed by atoms with Gasteiger partial charge in [-0.1, -0.05) is 45.7 Å². The summed E-state index contributed by atoms with van der Waals surface area (Å²) in [5.41, 5.74) is 0. The molecule has 1 aliphatic rings. The largest absolute Gasteiger partial charge is 0.356 e. The maximum atomic E-state index is 5.29. The molecule has 6 heteroatoms. The van der Waals surface area contributed by atoms with E-state index < -0.39 is 0 Å². The fourth-order valence-electron chi connectivity index (χ4n) is 3.70. The van der Waals surface area contributed by atoms with E-state index >= 15 is 0 Å². The van der Waals surface area contributed by atoms with E-state index in [0.29, 0.717) is 5.92 Å². The molecular weight excluding hydrogens is 314 g/mol. The topological polar surface area (TPSA) is 66.5 Å². The Morgan fingerprint density at radius 2 is 2.12 bits per heavy atom. The molecule has 25 heavy (non-hydrogen) atoms. The van der Waals surface area contributed by atoms with Gasteiger partial charge in [0.2, 0.25) is 5.89 Å². The minimum absolute atomic E-state index is 0.313. The SMILES string of the molecule is CCC(CC)C1CCN(C(=NC)NCCCc2nc(C(C)C)no2)C1. The van der Waals surface area contributed by atoms with Crippen LogP contribution in [-0.2, 0) is 6.42 Å². The third kappa shape index (κ3) is 5.44. The predicted octanol–water partition coefficient (Wildman–Crippen LogP) is 3.46. The summed E-state index contributed by atoms with van der Waals surface area (Å²) in [6, 6.07) is 0. The molecule has 1 unspecified atom stereocenters. The van der Waals surface area contributed by atoms with E-state index in [9.17, 15) is 0 Å². The number of aryl methyl sites for hydroxylation is 1. The van der Waals surface area contributed by atoms with E-state index in [0.717, 1.165) is 62.0 Å². The summed E-state index contributed by atoms with van der Waals surface area (Å²) < 4.78 is 5.29. The number of hydrogen-bond acceptors (Lipinski definition) is 4. The molecule has 2 heterocycles. The van der Waals surface area contributed by atoms with Gasteiger partial charge in [-0.15, -0.1) is 0 Å². The fourth-order valence-corrected chi connectivity index (χ4v) is 3.70. The van der Waals surface area contributed by atoms with Crippen molar-refractivity contribution in [1.82, 2.24) is 20.4 Å². The molecule has 0 spiro atoms. The van der Waals surface area contributed by atoms with Crippen molar-refractivity contribution in [3.8, 4) is 0 Å². The summed E-state index contributed by atoms with van der Waals surface area (Å²) in [6.07, 6.45) is 5.61. The van der Waals surface area contributed by atoms with Crippen LogP contribution in [-0.4, -0.2) is 47.7 Å². The molecule has 0 radical (unpaired) electrons. The first-order valence-electron chi connectivity index (χ1n) is 9.87. The average Bonchev–Trinajstić information content (AvgIpc) is 3.26. The molecule has 0 aromatic carbocycles. The van der Waals surface area contributed by atoms with Crippen LogP contribution >= 0.6 is 0 Å². The Bertz CT molecular complexity index is 536. The Morgan fingerprint density at radius 1 is 1.36 bits per heavy atom. The van der Waals surface area contributed by atoms with Gasteiger partial charge in [0.05, 0.1) is 0 Å². The van der Waals surface area contributed by atoms with Crippen LogP contribution in [0.5, 0.6) is 0 Å². The van der Waals surface area contributed by atoms with Crippen molar-refractivity contribution in [2.24, 2.45) is 16.8 Å². The molecular formula is C19H35N5O. The molecule has 1 N–H and O–H groups in total. The van der Waals surface area contributed by atoms with Crippen LogP contribution in [0.4, 0.5) is 0 Å². The Morgan fingerprint density at radius 3 is 2.72 bits per heavy atom. The molecule has 0 bridgehead atoms. The van der Waals surface area contributed by atoms with Gasteiger partial charge < -0.3 is 14.7 Å². The summed E-state index contributed by atoms with van der Waals surface area (Å²) in [5, 5.41) is 7.50. The number of likely N-dealkylation sites (tertiary alicyclic amines) is 1. The number of rotatable bonds is 8. The molecule has 1 aromatic rings. The highest BCUT2D eigenvalue weighted by molar-refractivity contribution is 5.80. The van der Waals surface area contributed by atoms with Crippen LogP contribution in [0.3, 0.4) is 0 Å². The van der Waals surface area contributed by atoms with E-state index in [4.69, 9.17) is 4.52 Å². The third-order valence-electron chi connectivity index (χ3n) is 5.30. The highest BCUT2D eigenvalue weighted by Crippen LogP contribution is 2.28. The molecule has 2 rings (SSSR count). The van der Waals surface area contributed by atoms with Crippen molar-refractivity contribution >= 4 is 5.96 Å². The number of nitrogens with one attached hydrogen (secondary N) is 1. The zero-order valence-corrected chi connectivity index (χ0v) is 16.6. The molecule has 142 valence electrons. The van der Waals surface area contributed by atoms with Gasteiger partial charge in [-0.2, -0.15) is 4.98 Å². The molecule has 0 amide bonds. The molecule has 0 aliphatic carbocycles. The van der Waals surface area contributed by atoms with E-state index in [1.165, 1.54) is 19.3 Å². The van der Waals surface area contributed by atoms with Crippen molar-refractivity contribution < 1.29 is 4.52 Å². The zero-order valence-electron chi connectivity index (χ0n) is 16.6. The summed E-state index contributed by atoms with van der Waals surface area (Å²) in [5.74, 6) is 4.52. The summed E-state index contributed by atoms with van der Waals surface area (Å²) >= 11 is 0. The van der Waals surface area contributed by atoms with Crippen molar-refractivity contribution in [3.63, 3.8) is 0 Å². The first-order valence-corrected chi connectivity index (χ1v) is 9.87. The summed E-state index contributed by atoms with van der Waals surface area (Å²) in [6.45, 7) is 11.9.